The van der Waals surface area contributed by atoms with Crippen LogP contribution in [0.2, 0.25) is 0 Å². The zero-order valence-electron chi connectivity index (χ0n) is 16.0. The molecule has 5 rings (SSSR count). The summed E-state index contributed by atoms with van der Waals surface area (Å²) in [5, 5.41) is 6.49. The number of hydrogen-bond donors (Lipinski definition) is 1. The predicted molar refractivity (Wildman–Crippen MR) is 121 cm³/mol. The van der Waals surface area contributed by atoms with E-state index < -0.39 is 0 Å². The summed E-state index contributed by atoms with van der Waals surface area (Å²) in [6.07, 6.45) is 3.49. The van der Waals surface area contributed by atoms with E-state index in [-0.39, 0.29) is 5.91 Å². The molecule has 0 aliphatic rings. The minimum Gasteiger partial charge on any atom is -0.332 e. The van der Waals surface area contributed by atoms with Crippen LogP contribution in [-0.2, 0) is 6.54 Å². The van der Waals surface area contributed by atoms with Gasteiger partial charge in [-0.15, -0.1) is 11.3 Å². The summed E-state index contributed by atoms with van der Waals surface area (Å²) in [5.41, 5.74) is 4.50. The zero-order chi connectivity index (χ0) is 20.3. The van der Waals surface area contributed by atoms with Gasteiger partial charge in [0.05, 0.1) is 5.69 Å². The van der Waals surface area contributed by atoms with Crippen molar-refractivity contribution >= 4 is 33.3 Å². The van der Waals surface area contributed by atoms with Crippen LogP contribution >= 0.6 is 11.3 Å². The summed E-state index contributed by atoms with van der Waals surface area (Å²) in [5.74, 6) is -0.172. The number of thiazole rings is 1. The fraction of sp³-hybridized carbons (Fsp3) is 0.0417. The van der Waals surface area contributed by atoms with Crippen molar-refractivity contribution in [2.24, 2.45) is 0 Å². The Bertz CT molecular complexity index is 1310. The fourth-order valence-corrected chi connectivity index (χ4v) is 4.19. The summed E-state index contributed by atoms with van der Waals surface area (Å²) in [6, 6.07) is 23.9. The Morgan fingerprint density at radius 3 is 2.67 bits per heavy atom. The summed E-state index contributed by atoms with van der Waals surface area (Å²) in [4.78, 5) is 21.8. The van der Waals surface area contributed by atoms with Crippen molar-refractivity contribution in [3.05, 3.63) is 102 Å². The van der Waals surface area contributed by atoms with Crippen molar-refractivity contribution < 1.29 is 4.79 Å². The van der Waals surface area contributed by atoms with Gasteiger partial charge >= 0.3 is 0 Å². The van der Waals surface area contributed by atoms with Crippen LogP contribution in [0.15, 0.2) is 90.6 Å². The van der Waals surface area contributed by atoms with Crippen LogP contribution in [0.25, 0.3) is 22.2 Å². The third-order valence-electron chi connectivity index (χ3n) is 4.91. The van der Waals surface area contributed by atoms with Crippen molar-refractivity contribution in [3.63, 3.8) is 0 Å². The predicted octanol–water partition coefficient (Wildman–Crippen LogP) is 5.46. The number of nitrogens with zero attached hydrogens (tertiary/aromatic N) is 3. The van der Waals surface area contributed by atoms with Crippen LogP contribution in [0.3, 0.4) is 0 Å². The minimum absolute atomic E-state index is 0.172. The highest BCUT2D eigenvalue weighted by atomic mass is 32.1. The molecule has 0 fully saturated rings. The number of fused-ring (bicyclic) bond motifs is 1. The molecule has 6 heteroatoms. The van der Waals surface area contributed by atoms with Crippen LogP contribution in [0.1, 0.15) is 16.1 Å². The molecule has 5 nitrogen and oxygen atoms in total. The van der Waals surface area contributed by atoms with Crippen LogP contribution < -0.4 is 5.32 Å². The van der Waals surface area contributed by atoms with E-state index in [1.165, 1.54) is 11.3 Å². The third-order valence-corrected chi connectivity index (χ3v) is 5.67. The maximum atomic E-state index is 13.2. The number of carbonyl (C=O) groups is 1. The normalized spacial score (nSPS) is 10.9. The molecule has 0 radical (unpaired) electrons. The molecule has 3 aromatic heterocycles. The second kappa shape index (κ2) is 7.93. The number of amides is 1. The molecule has 0 aliphatic heterocycles. The van der Waals surface area contributed by atoms with Crippen molar-refractivity contribution in [1.29, 1.82) is 0 Å². The average molecular weight is 411 g/mol. The Labute approximate surface area is 177 Å². The number of para-hydroxylation sites is 1. The van der Waals surface area contributed by atoms with E-state index in [1.807, 2.05) is 66.0 Å². The highest BCUT2D eigenvalue weighted by molar-refractivity contribution is 7.14. The van der Waals surface area contributed by atoms with E-state index in [0.29, 0.717) is 17.4 Å². The van der Waals surface area contributed by atoms with Crippen molar-refractivity contribution in [3.8, 4) is 11.3 Å². The van der Waals surface area contributed by atoms with Gasteiger partial charge in [-0.1, -0.05) is 48.5 Å². The van der Waals surface area contributed by atoms with Gasteiger partial charge in [0.15, 0.2) is 5.13 Å². The molecular formula is C24H18N4OS. The average Bonchev–Trinajstić information content (AvgIpc) is 3.40. The van der Waals surface area contributed by atoms with Crippen LogP contribution in [0.4, 0.5) is 5.13 Å². The third kappa shape index (κ3) is 3.60. The molecule has 0 spiro atoms. The highest BCUT2D eigenvalue weighted by Gasteiger charge is 2.17. The molecule has 5 aromatic rings. The lowest BCUT2D eigenvalue weighted by Gasteiger charge is -2.10. The van der Waals surface area contributed by atoms with E-state index >= 15 is 0 Å². The van der Waals surface area contributed by atoms with Gasteiger partial charge in [0, 0.05) is 40.8 Å². The number of anilines is 1. The quantitative estimate of drug-likeness (QED) is 0.418. The Hall–Kier alpha value is -3.77. The van der Waals surface area contributed by atoms with E-state index in [9.17, 15) is 4.79 Å². The van der Waals surface area contributed by atoms with Gasteiger partial charge < -0.3 is 4.57 Å². The van der Waals surface area contributed by atoms with Gasteiger partial charge in [-0.3, -0.25) is 15.1 Å². The molecule has 0 aliphatic carbocycles. The molecule has 0 atom stereocenters. The Balaban J connectivity index is 1.46. The van der Waals surface area contributed by atoms with E-state index in [0.717, 1.165) is 27.7 Å². The molecule has 1 amide bonds. The molecule has 1 N–H and O–H groups in total. The summed E-state index contributed by atoms with van der Waals surface area (Å²) >= 11 is 1.40. The maximum absolute atomic E-state index is 13.2. The molecule has 2 aromatic carbocycles. The SMILES string of the molecule is O=C(Nc1nc(-c2cccnc2)cs1)c1cc2ccccc2n1Cc1ccccc1. The van der Waals surface area contributed by atoms with E-state index in [1.54, 1.807) is 12.4 Å². The van der Waals surface area contributed by atoms with Crippen LogP contribution in [0.5, 0.6) is 0 Å². The summed E-state index contributed by atoms with van der Waals surface area (Å²) in [7, 11) is 0. The maximum Gasteiger partial charge on any atom is 0.274 e. The van der Waals surface area contributed by atoms with Gasteiger partial charge in [-0.2, -0.15) is 0 Å². The standard InChI is InChI=1S/C24H18N4OS/c29-23(27-24-26-20(16-30-24)19-10-6-12-25-14-19)22-13-18-9-4-5-11-21(18)28(22)15-17-7-2-1-3-8-17/h1-14,16H,15H2,(H,26,27,29). The van der Waals surface area contributed by atoms with Crippen LogP contribution in [0, 0.1) is 0 Å². The highest BCUT2D eigenvalue weighted by Crippen LogP contribution is 2.26. The number of carbonyl (C=O) groups excluding carboxylic acids is 1. The lowest BCUT2D eigenvalue weighted by Crippen LogP contribution is -2.17. The number of benzene rings is 2. The van der Waals surface area contributed by atoms with Gasteiger partial charge in [0.1, 0.15) is 5.69 Å². The zero-order valence-corrected chi connectivity index (χ0v) is 16.8. The van der Waals surface area contributed by atoms with Gasteiger partial charge in [0.25, 0.3) is 5.91 Å². The second-order valence-corrected chi connectivity index (χ2v) is 7.75. The molecule has 0 saturated carbocycles. The second-order valence-electron chi connectivity index (χ2n) is 6.89. The van der Waals surface area contributed by atoms with E-state index in [2.05, 4.69) is 32.0 Å². The molecule has 0 unspecified atom stereocenters. The van der Waals surface area contributed by atoms with Crippen molar-refractivity contribution in [2.45, 2.75) is 6.54 Å². The monoisotopic (exact) mass is 410 g/mol. The largest absolute Gasteiger partial charge is 0.332 e. The van der Waals surface area contributed by atoms with Gasteiger partial charge in [-0.25, -0.2) is 4.98 Å². The number of pyridine rings is 1. The van der Waals surface area contributed by atoms with Crippen LogP contribution in [-0.4, -0.2) is 20.4 Å². The summed E-state index contributed by atoms with van der Waals surface area (Å²) < 4.78 is 2.05. The number of aromatic nitrogens is 3. The topological polar surface area (TPSA) is 59.8 Å². The molecule has 146 valence electrons. The van der Waals surface area contributed by atoms with Gasteiger partial charge in [-0.05, 0) is 29.8 Å². The Kier molecular flexibility index (Phi) is 4.83. The lowest BCUT2D eigenvalue weighted by molar-refractivity contribution is 0.101. The smallest absolute Gasteiger partial charge is 0.274 e. The number of rotatable bonds is 5. The number of hydrogen-bond acceptors (Lipinski definition) is 4. The van der Waals surface area contributed by atoms with Crippen molar-refractivity contribution in [1.82, 2.24) is 14.5 Å². The van der Waals surface area contributed by atoms with Crippen molar-refractivity contribution in [2.75, 3.05) is 5.32 Å². The molecule has 3 heterocycles. The molecule has 0 bridgehead atoms. The Morgan fingerprint density at radius 1 is 1.00 bits per heavy atom. The first-order valence-electron chi connectivity index (χ1n) is 9.57. The van der Waals surface area contributed by atoms with E-state index in [4.69, 9.17) is 0 Å². The number of nitrogens with one attached hydrogen (secondary N) is 1. The fourth-order valence-electron chi connectivity index (χ4n) is 3.47. The Morgan fingerprint density at radius 2 is 1.83 bits per heavy atom. The molecule has 30 heavy (non-hydrogen) atoms. The summed E-state index contributed by atoms with van der Waals surface area (Å²) in [6.45, 7) is 0.621. The lowest BCUT2D eigenvalue weighted by atomic mass is 10.2. The minimum atomic E-state index is -0.172. The first kappa shape index (κ1) is 18.3. The molecular weight excluding hydrogens is 392 g/mol. The first-order chi connectivity index (χ1) is 14.8. The van der Waals surface area contributed by atoms with Gasteiger partial charge in [0.2, 0.25) is 0 Å². The first-order valence-corrected chi connectivity index (χ1v) is 10.5. The molecule has 0 saturated heterocycles.